The molecular formula is C23H23F3N2O2. The summed E-state index contributed by atoms with van der Waals surface area (Å²) in [4.78, 5) is 4.17. The predicted molar refractivity (Wildman–Crippen MR) is 110 cm³/mol. The van der Waals surface area contributed by atoms with E-state index in [1.54, 1.807) is 55.6 Å². The fourth-order valence-corrected chi connectivity index (χ4v) is 3.44. The summed E-state index contributed by atoms with van der Waals surface area (Å²) in [5, 5.41) is 0. The Balaban J connectivity index is 2.01. The molecule has 1 aromatic heterocycles. The van der Waals surface area contributed by atoms with Gasteiger partial charge in [-0.1, -0.05) is 24.3 Å². The first-order valence-electron chi connectivity index (χ1n) is 9.33. The van der Waals surface area contributed by atoms with Crippen molar-refractivity contribution in [1.82, 2.24) is 4.98 Å². The average molecular weight is 416 g/mol. The van der Waals surface area contributed by atoms with Crippen molar-refractivity contribution >= 4 is 5.82 Å². The Labute approximate surface area is 173 Å². The minimum absolute atomic E-state index is 0.0205. The molecule has 0 fully saturated rings. The van der Waals surface area contributed by atoms with Crippen LogP contribution in [0.5, 0.6) is 11.5 Å². The van der Waals surface area contributed by atoms with Gasteiger partial charge in [-0.3, -0.25) is 0 Å². The molecule has 4 nitrogen and oxygen atoms in total. The van der Waals surface area contributed by atoms with Crippen molar-refractivity contribution < 1.29 is 22.6 Å². The van der Waals surface area contributed by atoms with Crippen LogP contribution in [0.1, 0.15) is 33.5 Å². The topological polar surface area (TPSA) is 57.4 Å². The number of methoxy groups -OCH3 is 2. The van der Waals surface area contributed by atoms with Crippen molar-refractivity contribution in [3.05, 3.63) is 82.0 Å². The van der Waals surface area contributed by atoms with E-state index in [-0.39, 0.29) is 29.9 Å². The summed E-state index contributed by atoms with van der Waals surface area (Å²) in [5.41, 5.74) is 7.31. The van der Waals surface area contributed by atoms with Gasteiger partial charge < -0.3 is 15.2 Å². The van der Waals surface area contributed by atoms with Crippen LogP contribution in [-0.2, 0) is 19.0 Å². The number of alkyl halides is 3. The Morgan fingerprint density at radius 2 is 1.30 bits per heavy atom. The summed E-state index contributed by atoms with van der Waals surface area (Å²) >= 11 is 0. The standard InChI is InChI=1S/C23H23F3N2O2/c1-14-19(12-15-4-8-17(29-2)9-5-15)22(27)28-20(21(14)23(24,25)26)13-16-6-10-18(30-3)11-7-16/h4-11H,12-13H2,1-3H3,(H2,27,28). The molecule has 0 saturated heterocycles. The number of hydrogen-bond donors (Lipinski definition) is 1. The summed E-state index contributed by atoms with van der Waals surface area (Å²) in [7, 11) is 3.09. The highest BCUT2D eigenvalue weighted by atomic mass is 19.4. The second-order valence-electron chi connectivity index (χ2n) is 6.97. The molecule has 0 saturated carbocycles. The van der Waals surface area contributed by atoms with Gasteiger partial charge in [0.15, 0.2) is 0 Å². The zero-order valence-corrected chi connectivity index (χ0v) is 17.0. The van der Waals surface area contributed by atoms with E-state index < -0.39 is 11.7 Å². The lowest BCUT2D eigenvalue weighted by atomic mass is 9.94. The molecule has 0 aliphatic carbocycles. The summed E-state index contributed by atoms with van der Waals surface area (Å²) < 4.78 is 52.1. The van der Waals surface area contributed by atoms with Crippen molar-refractivity contribution in [2.75, 3.05) is 20.0 Å². The molecular weight excluding hydrogens is 393 g/mol. The fraction of sp³-hybridized carbons (Fsp3) is 0.261. The van der Waals surface area contributed by atoms with Gasteiger partial charge >= 0.3 is 6.18 Å². The lowest BCUT2D eigenvalue weighted by molar-refractivity contribution is -0.138. The molecule has 1 heterocycles. The number of rotatable bonds is 6. The van der Waals surface area contributed by atoms with Crippen LogP contribution in [0.15, 0.2) is 48.5 Å². The minimum Gasteiger partial charge on any atom is -0.497 e. The maximum Gasteiger partial charge on any atom is 0.418 e. The van der Waals surface area contributed by atoms with Crippen LogP contribution in [0.3, 0.4) is 0 Å². The van der Waals surface area contributed by atoms with Crippen LogP contribution >= 0.6 is 0 Å². The zero-order chi connectivity index (χ0) is 21.9. The molecule has 3 rings (SSSR count). The third-order valence-electron chi connectivity index (χ3n) is 5.03. The fourth-order valence-electron chi connectivity index (χ4n) is 3.44. The van der Waals surface area contributed by atoms with Crippen molar-refractivity contribution in [3.63, 3.8) is 0 Å². The Morgan fingerprint density at radius 1 is 0.833 bits per heavy atom. The number of hydrogen-bond acceptors (Lipinski definition) is 4. The minimum atomic E-state index is -4.54. The summed E-state index contributed by atoms with van der Waals surface area (Å²) in [6.07, 6.45) is -4.27. The van der Waals surface area contributed by atoms with Gasteiger partial charge in [-0.15, -0.1) is 0 Å². The van der Waals surface area contributed by atoms with Gasteiger partial charge in [0.2, 0.25) is 0 Å². The van der Waals surface area contributed by atoms with E-state index >= 15 is 0 Å². The van der Waals surface area contributed by atoms with Gasteiger partial charge in [-0.25, -0.2) is 4.98 Å². The average Bonchev–Trinajstić information content (AvgIpc) is 2.71. The first-order chi connectivity index (χ1) is 14.2. The van der Waals surface area contributed by atoms with Crippen molar-refractivity contribution in [1.29, 1.82) is 0 Å². The van der Waals surface area contributed by atoms with E-state index in [0.717, 1.165) is 5.56 Å². The quantitative estimate of drug-likeness (QED) is 0.601. The number of pyridine rings is 1. The van der Waals surface area contributed by atoms with Gasteiger partial charge in [-0.2, -0.15) is 13.2 Å². The lowest BCUT2D eigenvalue weighted by Crippen LogP contribution is -2.17. The number of halogens is 3. The Hall–Kier alpha value is -3.22. The van der Waals surface area contributed by atoms with E-state index in [1.165, 1.54) is 14.0 Å². The molecule has 0 aliphatic heterocycles. The van der Waals surface area contributed by atoms with Crippen LogP contribution in [0.2, 0.25) is 0 Å². The number of nitrogen functional groups attached to an aromatic ring is 1. The molecule has 30 heavy (non-hydrogen) atoms. The number of benzene rings is 2. The molecule has 0 aliphatic rings. The lowest BCUT2D eigenvalue weighted by Gasteiger charge is -2.20. The molecule has 158 valence electrons. The number of aromatic nitrogens is 1. The Morgan fingerprint density at radius 3 is 1.73 bits per heavy atom. The summed E-state index contributed by atoms with van der Waals surface area (Å²) in [6.45, 7) is 1.46. The van der Waals surface area contributed by atoms with E-state index in [1.807, 2.05) is 0 Å². The number of nitrogens with two attached hydrogens (primary N) is 1. The van der Waals surface area contributed by atoms with Gasteiger partial charge in [0, 0.05) is 18.4 Å². The van der Waals surface area contributed by atoms with Crippen LogP contribution in [0.4, 0.5) is 19.0 Å². The molecule has 2 N–H and O–H groups in total. The maximum absolute atomic E-state index is 14.0. The van der Waals surface area contributed by atoms with Crippen LogP contribution < -0.4 is 15.2 Å². The third kappa shape index (κ3) is 4.67. The monoisotopic (exact) mass is 416 g/mol. The van der Waals surface area contributed by atoms with Crippen molar-refractivity contribution in [2.45, 2.75) is 25.9 Å². The van der Waals surface area contributed by atoms with E-state index in [2.05, 4.69) is 4.98 Å². The zero-order valence-electron chi connectivity index (χ0n) is 17.0. The highest BCUT2D eigenvalue weighted by Crippen LogP contribution is 2.38. The van der Waals surface area contributed by atoms with Crippen LogP contribution in [0, 0.1) is 6.92 Å². The van der Waals surface area contributed by atoms with Gasteiger partial charge in [-0.05, 0) is 47.9 Å². The molecule has 0 bridgehead atoms. The second kappa shape index (κ2) is 8.65. The van der Waals surface area contributed by atoms with E-state index in [0.29, 0.717) is 22.6 Å². The molecule has 0 spiro atoms. The normalized spacial score (nSPS) is 11.4. The third-order valence-corrected chi connectivity index (χ3v) is 5.03. The first-order valence-corrected chi connectivity index (χ1v) is 9.33. The van der Waals surface area contributed by atoms with E-state index in [9.17, 15) is 13.2 Å². The van der Waals surface area contributed by atoms with E-state index in [4.69, 9.17) is 15.2 Å². The Bertz CT molecular complexity index is 1010. The van der Waals surface area contributed by atoms with Gasteiger partial charge in [0.05, 0.1) is 25.5 Å². The summed E-state index contributed by atoms with van der Waals surface area (Å²) in [5.74, 6) is 1.42. The highest BCUT2D eigenvalue weighted by Gasteiger charge is 2.37. The van der Waals surface area contributed by atoms with Crippen LogP contribution in [-0.4, -0.2) is 19.2 Å². The maximum atomic E-state index is 14.0. The first kappa shape index (κ1) is 21.5. The smallest absolute Gasteiger partial charge is 0.418 e. The van der Waals surface area contributed by atoms with Crippen molar-refractivity contribution in [2.24, 2.45) is 0 Å². The molecule has 0 radical (unpaired) electrons. The van der Waals surface area contributed by atoms with Gasteiger partial charge in [0.1, 0.15) is 17.3 Å². The SMILES string of the molecule is COc1ccc(Cc2nc(N)c(Cc3ccc(OC)cc3)c(C)c2C(F)(F)F)cc1. The Kier molecular flexibility index (Phi) is 6.20. The molecule has 0 atom stereocenters. The predicted octanol–water partition coefficient (Wildman–Crippen LogP) is 5.19. The second-order valence-corrected chi connectivity index (χ2v) is 6.97. The molecule has 3 aromatic rings. The van der Waals surface area contributed by atoms with Gasteiger partial charge in [0.25, 0.3) is 0 Å². The summed E-state index contributed by atoms with van der Waals surface area (Å²) in [6, 6.07) is 14.0. The molecule has 2 aromatic carbocycles. The molecule has 0 unspecified atom stereocenters. The molecule has 7 heteroatoms. The number of ether oxygens (including phenoxy) is 2. The number of anilines is 1. The number of nitrogens with zero attached hydrogens (tertiary/aromatic N) is 1. The molecule has 0 amide bonds. The van der Waals surface area contributed by atoms with Crippen LogP contribution in [0.25, 0.3) is 0 Å². The van der Waals surface area contributed by atoms with Crippen molar-refractivity contribution in [3.8, 4) is 11.5 Å². The highest BCUT2D eigenvalue weighted by molar-refractivity contribution is 5.54. The largest absolute Gasteiger partial charge is 0.497 e.